The molecule has 0 radical (unpaired) electrons. The largest absolute Gasteiger partial charge is 0.398 e. The van der Waals surface area contributed by atoms with Crippen LogP contribution in [0.1, 0.15) is 20.7 Å². The van der Waals surface area contributed by atoms with Gasteiger partial charge in [-0.2, -0.15) is 0 Å². The second-order valence-corrected chi connectivity index (χ2v) is 6.79. The van der Waals surface area contributed by atoms with E-state index in [1.54, 1.807) is 12.1 Å². The van der Waals surface area contributed by atoms with Gasteiger partial charge in [-0.3, -0.25) is 14.9 Å². The van der Waals surface area contributed by atoms with Crippen LogP contribution in [0.25, 0.3) is 43.1 Å². The molecule has 6 rings (SSSR count). The Hall–Kier alpha value is -3.66. The molecule has 5 aromatic rings. The van der Waals surface area contributed by atoms with Gasteiger partial charge in [0.25, 0.3) is 11.8 Å². The number of imide groups is 1. The van der Waals surface area contributed by atoms with Crippen molar-refractivity contribution in [2.24, 2.45) is 0 Å². The monoisotopic (exact) mass is 336 g/mol. The maximum absolute atomic E-state index is 12.4. The minimum absolute atomic E-state index is 0.359. The third-order valence-electron chi connectivity index (χ3n) is 5.49. The number of fused-ring (bicyclic) bond motifs is 2. The first-order chi connectivity index (χ1) is 12.6. The normalized spacial score (nSPS) is 14.0. The van der Waals surface area contributed by atoms with Gasteiger partial charge < -0.3 is 5.73 Å². The number of amides is 2. The van der Waals surface area contributed by atoms with Crippen molar-refractivity contribution in [1.29, 1.82) is 0 Å². The van der Waals surface area contributed by atoms with Crippen molar-refractivity contribution in [3.05, 3.63) is 65.7 Å². The number of hydrogen-bond donors (Lipinski definition) is 2. The van der Waals surface area contributed by atoms with E-state index in [1.807, 2.05) is 18.2 Å². The Morgan fingerprint density at radius 1 is 0.654 bits per heavy atom. The zero-order chi connectivity index (χ0) is 17.6. The lowest BCUT2D eigenvalue weighted by atomic mass is 9.84. The Kier molecular flexibility index (Phi) is 2.25. The first-order valence-electron chi connectivity index (χ1n) is 8.42. The number of benzene rings is 5. The summed E-state index contributed by atoms with van der Waals surface area (Å²) in [6, 6.07) is 17.8. The van der Waals surface area contributed by atoms with E-state index in [0.29, 0.717) is 22.2 Å². The maximum atomic E-state index is 12.4. The van der Waals surface area contributed by atoms with E-state index in [2.05, 4.69) is 29.6 Å². The summed E-state index contributed by atoms with van der Waals surface area (Å²) in [5.74, 6) is -0.753. The van der Waals surface area contributed by atoms with E-state index in [-0.39, 0.29) is 5.91 Å². The summed E-state index contributed by atoms with van der Waals surface area (Å²) in [7, 11) is 0. The van der Waals surface area contributed by atoms with E-state index in [4.69, 9.17) is 5.73 Å². The van der Waals surface area contributed by atoms with Crippen molar-refractivity contribution in [3.8, 4) is 0 Å². The van der Waals surface area contributed by atoms with Crippen molar-refractivity contribution in [3.63, 3.8) is 0 Å². The van der Waals surface area contributed by atoms with Gasteiger partial charge in [-0.1, -0.05) is 42.5 Å². The summed E-state index contributed by atoms with van der Waals surface area (Å²) in [6.45, 7) is 0. The zero-order valence-corrected chi connectivity index (χ0v) is 13.6. The summed E-state index contributed by atoms with van der Waals surface area (Å²) in [6.07, 6.45) is 0. The summed E-state index contributed by atoms with van der Waals surface area (Å²) in [5, 5.41) is 10.4. The summed E-state index contributed by atoms with van der Waals surface area (Å²) in [5.41, 5.74) is 7.95. The highest BCUT2D eigenvalue weighted by molar-refractivity contribution is 6.40. The van der Waals surface area contributed by atoms with Crippen LogP contribution in [0, 0.1) is 0 Å². The first-order valence-corrected chi connectivity index (χ1v) is 8.42. The van der Waals surface area contributed by atoms with E-state index in [1.165, 1.54) is 0 Å². The molecule has 1 heterocycles. The maximum Gasteiger partial charge on any atom is 0.258 e. The van der Waals surface area contributed by atoms with Crippen LogP contribution in [0.4, 0.5) is 5.69 Å². The highest BCUT2D eigenvalue weighted by Crippen LogP contribution is 2.45. The molecule has 3 N–H and O–H groups in total. The fourth-order valence-corrected chi connectivity index (χ4v) is 4.48. The number of nitrogens with one attached hydrogen (secondary N) is 1. The van der Waals surface area contributed by atoms with Gasteiger partial charge in [-0.05, 0) is 39.1 Å². The van der Waals surface area contributed by atoms with E-state index >= 15 is 0 Å². The van der Waals surface area contributed by atoms with Crippen LogP contribution >= 0.6 is 0 Å². The van der Waals surface area contributed by atoms with Crippen LogP contribution in [-0.4, -0.2) is 11.8 Å². The first kappa shape index (κ1) is 13.6. The molecule has 0 fully saturated rings. The van der Waals surface area contributed by atoms with Gasteiger partial charge >= 0.3 is 0 Å². The molecule has 0 saturated heterocycles. The molecule has 0 saturated carbocycles. The number of hydrogen-bond acceptors (Lipinski definition) is 3. The van der Waals surface area contributed by atoms with Crippen molar-refractivity contribution in [2.75, 3.05) is 5.73 Å². The molecule has 4 heteroatoms. The predicted octanol–water partition coefficient (Wildman–Crippen LogP) is 4.20. The molecule has 0 atom stereocenters. The lowest BCUT2D eigenvalue weighted by Gasteiger charge is -2.22. The van der Waals surface area contributed by atoms with Crippen LogP contribution in [0.2, 0.25) is 0 Å². The Morgan fingerprint density at radius 2 is 1.35 bits per heavy atom. The van der Waals surface area contributed by atoms with Gasteiger partial charge in [0, 0.05) is 27.4 Å². The molecule has 4 nitrogen and oxygen atoms in total. The Bertz CT molecular complexity index is 1440. The lowest BCUT2D eigenvalue weighted by molar-refractivity contribution is 0.0845. The van der Waals surface area contributed by atoms with E-state index < -0.39 is 5.91 Å². The molecule has 0 aliphatic carbocycles. The van der Waals surface area contributed by atoms with Crippen LogP contribution in [0.5, 0.6) is 0 Å². The van der Waals surface area contributed by atoms with Crippen LogP contribution in [0.15, 0.2) is 54.6 Å². The van der Waals surface area contributed by atoms with Crippen molar-refractivity contribution < 1.29 is 9.59 Å². The van der Waals surface area contributed by atoms with Crippen LogP contribution < -0.4 is 11.1 Å². The third-order valence-corrected chi connectivity index (χ3v) is 5.49. The van der Waals surface area contributed by atoms with E-state index in [9.17, 15) is 9.59 Å². The molecule has 0 aromatic heterocycles. The van der Waals surface area contributed by atoms with Crippen molar-refractivity contribution in [2.45, 2.75) is 0 Å². The Labute approximate surface area is 147 Å². The van der Waals surface area contributed by atoms with Gasteiger partial charge in [-0.25, -0.2) is 0 Å². The standard InChI is InChI=1S/C22H12N2O2/c23-16-9-15-18-14(21(25)24-22(15)26)8-7-12-11-5-1-3-10-4-2-6-13(17(10)11)19(16)20(12)18/h1-9H,23H2,(H,24,25,26). The topological polar surface area (TPSA) is 72.2 Å². The Morgan fingerprint density at radius 3 is 2.15 bits per heavy atom. The summed E-state index contributed by atoms with van der Waals surface area (Å²) >= 11 is 0. The smallest absolute Gasteiger partial charge is 0.258 e. The number of carbonyl (C=O) groups excluding carboxylic acids is 2. The molecule has 1 aliphatic heterocycles. The molecular weight excluding hydrogens is 324 g/mol. The van der Waals surface area contributed by atoms with Gasteiger partial charge in [-0.15, -0.1) is 0 Å². The van der Waals surface area contributed by atoms with Crippen LogP contribution in [0.3, 0.4) is 0 Å². The van der Waals surface area contributed by atoms with Gasteiger partial charge in [0.05, 0.1) is 5.56 Å². The fraction of sp³-hybridized carbons (Fsp3) is 0. The molecule has 5 aromatic carbocycles. The third kappa shape index (κ3) is 1.41. The lowest BCUT2D eigenvalue weighted by Crippen LogP contribution is -2.34. The predicted molar refractivity (Wildman–Crippen MR) is 104 cm³/mol. The highest BCUT2D eigenvalue weighted by Gasteiger charge is 2.28. The number of nitrogen functional groups attached to an aromatic ring is 1. The van der Waals surface area contributed by atoms with E-state index in [0.717, 1.165) is 37.7 Å². The second-order valence-electron chi connectivity index (χ2n) is 6.79. The molecular formula is C22H12N2O2. The summed E-state index contributed by atoms with van der Waals surface area (Å²) in [4.78, 5) is 24.8. The van der Waals surface area contributed by atoms with Crippen LogP contribution in [-0.2, 0) is 0 Å². The van der Waals surface area contributed by atoms with Crippen molar-refractivity contribution >= 4 is 60.6 Å². The molecule has 1 aliphatic rings. The zero-order valence-electron chi connectivity index (χ0n) is 13.6. The minimum atomic E-state index is -0.394. The average molecular weight is 336 g/mol. The van der Waals surface area contributed by atoms with Gasteiger partial charge in [0.1, 0.15) is 0 Å². The number of rotatable bonds is 0. The average Bonchev–Trinajstić information content (AvgIpc) is 2.65. The number of carbonyl (C=O) groups is 2. The van der Waals surface area contributed by atoms with Crippen molar-refractivity contribution in [1.82, 2.24) is 5.32 Å². The quantitative estimate of drug-likeness (QED) is 0.193. The Balaban J connectivity index is 2.06. The van der Waals surface area contributed by atoms with Gasteiger partial charge in [0.2, 0.25) is 0 Å². The molecule has 0 bridgehead atoms. The minimum Gasteiger partial charge on any atom is -0.398 e. The molecule has 26 heavy (non-hydrogen) atoms. The highest BCUT2D eigenvalue weighted by atomic mass is 16.2. The number of nitrogens with two attached hydrogens (primary N) is 1. The molecule has 122 valence electrons. The second kappa shape index (κ2) is 4.29. The fourth-order valence-electron chi connectivity index (χ4n) is 4.48. The SMILES string of the molecule is Nc1cc2c3c(ccc4c5cccc6cccc(c1c34)c65)C(=O)NC2=O. The number of anilines is 1. The molecule has 2 amide bonds. The summed E-state index contributed by atoms with van der Waals surface area (Å²) < 4.78 is 0. The van der Waals surface area contributed by atoms with Gasteiger partial charge in [0.15, 0.2) is 0 Å². The molecule has 0 spiro atoms. The molecule has 0 unspecified atom stereocenters.